The van der Waals surface area contributed by atoms with E-state index in [0.717, 1.165) is 19.4 Å². The van der Waals surface area contributed by atoms with Gasteiger partial charge in [-0.25, -0.2) is 4.79 Å². The molecule has 0 radical (unpaired) electrons. The fraction of sp³-hybridized carbons (Fsp3) is 0.650. The normalized spacial score (nSPS) is 27.5. The van der Waals surface area contributed by atoms with Crippen molar-refractivity contribution < 1.29 is 9.53 Å². The Morgan fingerprint density at radius 1 is 1.17 bits per heavy atom. The van der Waals surface area contributed by atoms with Crippen molar-refractivity contribution in [2.45, 2.75) is 83.1 Å². The molecule has 1 aromatic carbocycles. The molecule has 2 fully saturated rings. The van der Waals surface area contributed by atoms with E-state index in [2.05, 4.69) is 40.5 Å². The Morgan fingerprint density at radius 3 is 2.38 bits per heavy atom. The van der Waals surface area contributed by atoms with Crippen molar-refractivity contribution in [1.82, 2.24) is 10.2 Å². The lowest BCUT2D eigenvalue weighted by Crippen LogP contribution is -2.56. The van der Waals surface area contributed by atoms with Gasteiger partial charge in [0.15, 0.2) is 0 Å². The minimum absolute atomic E-state index is 0.238. The highest BCUT2D eigenvalue weighted by atomic mass is 16.6. The van der Waals surface area contributed by atoms with Crippen molar-refractivity contribution in [1.29, 1.82) is 0 Å². The molecule has 4 nitrogen and oxygen atoms in total. The topological polar surface area (TPSA) is 41.6 Å². The summed E-state index contributed by atoms with van der Waals surface area (Å²) < 4.78 is 5.42. The molecule has 24 heavy (non-hydrogen) atoms. The summed E-state index contributed by atoms with van der Waals surface area (Å²) in [5.41, 5.74) is 0.946. The molecule has 0 saturated carbocycles. The first-order valence-corrected chi connectivity index (χ1v) is 9.20. The van der Waals surface area contributed by atoms with Crippen molar-refractivity contribution >= 4 is 6.09 Å². The van der Waals surface area contributed by atoms with Crippen molar-refractivity contribution in [3.8, 4) is 0 Å². The molecule has 0 spiro atoms. The van der Waals surface area contributed by atoms with Gasteiger partial charge in [0.2, 0.25) is 0 Å². The fourth-order valence-corrected chi connectivity index (χ4v) is 4.12. The number of alkyl carbamates (subject to hydrolysis) is 1. The molecule has 0 aromatic heterocycles. The van der Waals surface area contributed by atoms with Gasteiger partial charge in [0, 0.05) is 24.7 Å². The number of benzene rings is 1. The van der Waals surface area contributed by atoms with Gasteiger partial charge < -0.3 is 10.1 Å². The highest BCUT2D eigenvalue weighted by Gasteiger charge is 2.38. The predicted octanol–water partition coefficient (Wildman–Crippen LogP) is 4.10. The zero-order valence-corrected chi connectivity index (χ0v) is 15.1. The number of hydrogen-bond donors (Lipinski definition) is 1. The predicted molar refractivity (Wildman–Crippen MR) is 95.8 cm³/mol. The molecule has 0 unspecified atom stereocenters. The van der Waals surface area contributed by atoms with Gasteiger partial charge in [-0.3, -0.25) is 4.90 Å². The largest absolute Gasteiger partial charge is 0.444 e. The molecular formula is C20H30N2O2. The van der Waals surface area contributed by atoms with Crippen LogP contribution >= 0.6 is 0 Å². The van der Waals surface area contributed by atoms with Gasteiger partial charge in [0.05, 0.1) is 0 Å². The smallest absolute Gasteiger partial charge is 0.407 e. The van der Waals surface area contributed by atoms with Crippen LogP contribution in [0.25, 0.3) is 0 Å². The Balaban J connectivity index is 1.60. The summed E-state index contributed by atoms with van der Waals surface area (Å²) in [6.45, 7) is 6.74. The summed E-state index contributed by atoms with van der Waals surface area (Å²) in [6, 6.07) is 12.1. The minimum atomic E-state index is -0.437. The van der Waals surface area contributed by atoms with Gasteiger partial charge in [0.1, 0.15) is 5.60 Å². The van der Waals surface area contributed by atoms with E-state index in [1.807, 2.05) is 20.8 Å². The van der Waals surface area contributed by atoms with Crippen molar-refractivity contribution in [2.75, 3.05) is 0 Å². The molecule has 3 rings (SSSR count). The van der Waals surface area contributed by atoms with Crippen LogP contribution in [0.4, 0.5) is 4.79 Å². The first-order valence-electron chi connectivity index (χ1n) is 9.20. The number of ether oxygens (including phenoxy) is 1. The molecule has 2 aliphatic rings. The van der Waals surface area contributed by atoms with Crippen LogP contribution in [0.1, 0.15) is 58.4 Å². The molecule has 132 valence electrons. The highest BCUT2D eigenvalue weighted by molar-refractivity contribution is 5.68. The number of piperidine rings is 2. The average molecular weight is 330 g/mol. The van der Waals surface area contributed by atoms with E-state index in [4.69, 9.17) is 4.74 Å². The first-order chi connectivity index (χ1) is 11.4. The molecule has 2 bridgehead atoms. The van der Waals surface area contributed by atoms with E-state index in [1.165, 1.54) is 24.8 Å². The Bertz CT molecular complexity index is 539. The maximum Gasteiger partial charge on any atom is 0.407 e. The summed E-state index contributed by atoms with van der Waals surface area (Å²) in [5.74, 6) is 0. The van der Waals surface area contributed by atoms with Gasteiger partial charge in [-0.2, -0.15) is 0 Å². The maximum atomic E-state index is 12.1. The SMILES string of the molecule is CC(C)(C)OC(=O)N[C@@H]1C[C@H]2CCC[C@@H](C1)N2Cc1ccccc1. The number of hydrogen-bond acceptors (Lipinski definition) is 3. The molecule has 1 amide bonds. The number of amides is 1. The van der Waals surface area contributed by atoms with Crippen LogP contribution in [-0.4, -0.2) is 34.7 Å². The van der Waals surface area contributed by atoms with Crippen molar-refractivity contribution in [3.63, 3.8) is 0 Å². The second kappa shape index (κ2) is 7.14. The van der Waals surface area contributed by atoms with Crippen molar-refractivity contribution in [2.24, 2.45) is 0 Å². The second-order valence-electron chi connectivity index (χ2n) is 8.21. The molecule has 2 aliphatic heterocycles. The lowest BCUT2D eigenvalue weighted by atomic mass is 9.81. The zero-order valence-electron chi connectivity index (χ0n) is 15.1. The summed E-state index contributed by atoms with van der Waals surface area (Å²) >= 11 is 0. The Kier molecular flexibility index (Phi) is 5.14. The molecular weight excluding hydrogens is 300 g/mol. The zero-order chi connectivity index (χ0) is 17.2. The first kappa shape index (κ1) is 17.3. The van der Waals surface area contributed by atoms with Gasteiger partial charge in [-0.15, -0.1) is 0 Å². The number of carbonyl (C=O) groups is 1. The molecule has 2 saturated heterocycles. The number of rotatable bonds is 3. The maximum absolute atomic E-state index is 12.1. The van der Waals surface area contributed by atoms with E-state index in [9.17, 15) is 4.79 Å². The van der Waals surface area contributed by atoms with Crippen molar-refractivity contribution in [3.05, 3.63) is 35.9 Å². The van der Waals surface area contributed by atoms with Crippen LogP contribution in [-0.2, 0) is 11.3 Å². The van der Waals surface area contributed by atoms with E-state index < -0.39 is 5.60 Å². The van der Waals surface area contributed by atoms with E-state index in [0.29, 0.717) is 12.1 Å². The van der Waals surface area contributed by atoms with Crippen LogP contribution in [0, 0.1) is 0 Å². The monoisotopic (exact) mass is 330 g/mol. The highest BCUT2D eigenvalue weighted by Crippen LogP contribution is 2.35. The summed E-state index contributed by atoms with van der Waals surface area (Å²) in [5, 5.41) is 3.10. The lowest BCUT2D eigenvalue weighted by Gasteiger charge is -2.49. The van der Waals surface area contributed by atoms with Gasteiger partial charge >= 0.3 is 6.09 Å². The summed E-state index contributed by atoms with van der Waals surface area (Å²) in [6.07, 6.45) is 5.55. The van der Waals surface area contributed by atoms with E-state index >= 15 is 0 Å². The Hall–Kier alpha value is -1.55. The standard InChI is InChI=1S/C20H30N2O2/c1-20(2,3)24-19(23)21-16-12-17-10-7-11-18(13-16)22(17)14-15-8-5-4-6-9-15/h4-6,8-9,16-18H,7,10-14H2,1-3H3,(H,21,23)/t16-,17-,18+. The molecule has 3 atom stereocenters. The third-order valence-corrected chi connectivity index (χ3v) is 5.05. The minimum Gasteiger partial charge on any atom is -0.444 e. The van der Waals surface area contributed by atoms with Crippen LogP contribution in [0.5, 0.6) is 0 Å². The average Bonchev–Trinajstić information content (AvgIpc) is 2.47. The van der Waals surface area contributed by atoms with Gasteiger partial charge in [0.25, 0.3) is 0 Å². The number of nitrogens with zero attached hydrogens (tertiary/aromatic N) is 1. The summed E-state index contributed by atoms with van der Waals surface area (Å²) in [7, 11) is 0. The quantitative estimate of drug-likeness (QED) is 0.907. The third kappa shape index (κ3) is 4.50. The molecule has 2 heterocycles. The van der Waals surface area contributed by atoms with Crippen LogP contribution < -0.4 is 5.32 Å². The number of nitrogens with one attached hydrogen (secondary N) is 1. The van der Waals surface area contributed by atoms with Crippen LogP contribution in [0.15, 0.2) is 30.3 Å². The van der Waals surface area contributed by atoms with E-state index in [1.54, 1.807) is 0 Å². The summed E-state index contributed by atoms with van der Waals surface area (Å²) in [4.78, 5) is 14.7. The molecule has 4 heteroatoms. The molecule has 0 aliphatic carbocycles. The number of carbonyl (C=O) groups excluding carboxylic acids is 1. The van der Waals surface area contributed by atoms with Crippen LogP contribution in [0.2, 0.25) is 0 Å². The molecule has 1 N–H and O–H groups in total. The van der Waals surface area contributed by atoms with Gasteiger partial charge in [-0.05, 0) is 52.0 Å². The lowest BCUT2D eigenvalue weighted by molar-refractivity contribution is 0.0101. The Labute approximate surface area is 145 Å². The Morgan fingerprint density at radius 2 is 1.79 bits per heavy atom. The molecule has 1 aromatic rings. The number of fused-ring (bicyclic) bond motifs is 2. The fourth-order valence-electron chi connectivity index (χ4n) is 4.12. The second-order valence-corrected chi connectivity index (χ2v) is 8.21. The third-order valence-electron chi connectivity index (χ3n) is 5.05. The van der Waals surface area contributed by atoms with Gasteiger partial charge in [-0.1, -0.05) is 36.8 Å². The van der Waals surface area contributed by atoms with E-state index in [-0.39, 0.29) is 12.1 Å². The van der Waals surface area contributed by atoms with Crippen LogP contribution in [0.3, 0.4) is 0 Å².